The zero-order valence-corrected chi connectivity index (χ0v) is 10.0. The Morgan fingerprint density at radius 2 is 1.38 bits per heavy atom. The number of rotatable bonds is 7. The minimum Gasteiger partial charge on any atom is -0.356 e. The van der Waals surface area contributed by atoms with Gasteiger partial charge in [0.2, 0.25) is 0 Å². The van der Waals surface area contributed by atoms with Crippen molar-refractivity contribution in [3.63, 3.8) is 0 Å². The van der Waals surface area contributed by atoms with Crippen molar-refractivity contribution >= 4 is 15.9 Å². The second kappa shape index (κ2) is 7.70. The van der Waals surface area contributed by atoms with E-state index in [4.69, 9.17) is 18.9 Å². The SMILES string of the molecule is COC(CC(Br)C(OC)OC)OC. The van der Waals surface area contributed by atoms with Crippen LogP contribution < -0.4 is 0 Å². The normalized spacial score (nSPS) is 14.1. The van der Waals surface area contributed by atoms with E-state index in [1.807, 2.05) is 0 Å². The fourth-order valence-electron chi connectivity index (χ4n) is 0.975. The molecule has 0 aromatic carbocycles. The van der Waals surface area contributed by atoms with Crippen LogP contribution in [0.25, 0.3) is 0 Å². The Morgan fingerprint density at radius 1 is 0.923 bits per heavy atom. The zero-order chi connectivity index (χ0) is 10.3. The predicted octanol–water partition coefficient (Wildman–Crippen LogP) is 1.38. The number of hydrogen-bond acceptors (Lipinski definition) is 4. The van der Waals surface area contributed by atoms with Crippen LogP contribution in [0, 0.1) is 0 Å². The van der Waals surface area contributed by atoms with Gasteiger partial charge in [-0.05, 0) is 0 Å². The van der Waals surface area contributed by atoms with Crippen LogP contribution in [0.4, 0.5) is 0 Å². The van der Waals surface area contributed by atoms with Gasteiger partial charge in [-0.3, -0.25) is 0 Å². The topological polar surface area (TPSA) is 36.9 Å². The first-order valence-corrected chi connectivity index (χ1v) is 4.86. The second-order valence-electron chi connectivity index (χ2n) is 2.49. The molecule has 0 spiro atoms. The Bertz CT molecular complexity index is 115. The van der Waals surface area contributed by atoms with Crippen molar-refractivity contribution in [3.05, 3.63) is 0 Å². The van der Waals surface area contributed by atoms with Crippen molar-refractivity contribution in [2.24, 2.45) is 0 Å². The second-order valence-corrected chi connectivity index (χ2v) is 3.67. The van der Waals surface area contributed by atoms with E-state index in [1.165, 1.54) is 0 Å². The van der Waals surface area contributed by atoms with Crippen LogP contribution in [0.1, 0.15) is 6.42 Å². The van der Waals surface area contributed by atoms with E-state index in [0.717, 1.165) is 0 Å². The molecule has 0 aromatic heterocycles. The highest BCUT2D eigenvalue weighted by atomic mass is 79.9. The molecule has 0 rings (SSSR count). The van der Waals surface area contributed by atoms with Gasteiger partial charge in [0.25, 0.3) is 0 Å². The lowest BCUT2D eigenvalue weighted by atomic mass is 10.3. The van der Waals surface area contributed by atoms with Gasteiger partial charge in [0.1, 0.15) is 0 Å². The van der Waals surface area contributed by atoms with E-state index < -0.39 is 0 Å². The highest BCUT2D eigenvalue weighted by Gasteiger charge is 2.21. The lowest BCUT2D eigenvalue weighted by molar-refractivity contribution is -0.137. The van der Waals surface area contributed by atoms with Crippen LogP contribution in [0.3, 0.4) is 0 Å². The lowest BCUT2D eigenvalue weighted by Crippen LogP contribution is -2.30. The monoisotopic (exact) mass is 256 g/mol. The molecule has 0 saturated carbocycles. The molecule has 13 heavy (non-hydrogen) atoms. The fourth-order valence-corrected chi connectivity index (χ4v) is 1.71. The lowest BCUT2D eigenvalue weighted by Gasteiger charge is -2.22. The number of hydrogen-bond donors (Lipinski definition) is 0. The maximum atomic E-state index is 5.07. The van der Waals surface area contributed by atoms with Crippen LogP contribution in [0.15, 0.2) is 0 Å². The van der Waals surface area contributed by atoms with Crippen molar-refractivity contribution < 1.29 is 18.9 Å². The Morgan fingerprint density at radius 3 is 1.69 bits per heavy atom. The fraction of sp³-hybridized carbons (Fsp3) is 1.00. The van der Waals surface area contributed by atoms with E-state index in [2.05, 4.69) is 15.9 Å². The first kappa shape index (κ1) is 13.3. The highest BCUT2D eigenvalue weighted by molar-refractivity contribution is 9.09. The molecule has 0 saturated heterocycles. The summed E-state index contributed by atoms with van der Waals surface area (Å²) in [6.45, 7) is 0. The van der Waals surface area contributed by atoms with Crippen LogP contribution >= 0.6 is 15.9 Å². The van der Waals surface area contributed by atoms with Crippen molar-refractivity contribution in [3.8, 4) is 0 Å². The molecular formula is C8H17BrO4. The molecule has 0 fully saturated rings. The van der Waals surface area contributed by atoms with Gasteiger partial charge >= 0.3 is 0 Å². The van der Waals surface area contributed by atoms with Crippen LogP contribution in [-0.2, 0) is 18.9 Å². The van der Waals surface area contributed by atoms with Gasteiger partial charge in [-0.2, -0.15) is 0 Å². The van der Waals surface area contributed by atoms with Crippen LogP contribution in [0.5, 0.6) is 0 Å². The molecular weight excluding hydrogens is 240 g/mol. The minimum atomic E-state index is -0.284. The predicted molar refractivity (Wildman–Crippen MR) is 52.9 cm³/mol. The van der Waals surface area contributed by atoms with E-state index >= 15 is 0 Å². The molecule has 80 valence electrons. The molecule has 0 aliphatic heterocycles. The molecule has 0 aromatic rings. The number of ether oxygens (including phenoxy) is 4. The van der Waals surface area contributed by atoms with Crippen molar-refractivity contribution in [2.45, 2.75) is 23.8 Å². The number of methoxy groups -OCH3 is 4. The highest BCUT2D eigenvalue weighted by Crippen LogP contribution is 2.17. The maximum absolute atomic E-state index is 5.07. The summed E-state index contributed by atoms with van der Waals surface area (Å²) in [5.74, 6) is 0. The molecule has 0 radical (unpaired) electrons. The van der Waals surface area contributed by atoms with Gasteiger partial charge in [-0.15, -0.1) is 0 Å². The van der Waals surface area contributed by atoms with E-state index in [9.17, 15) is 0 Å². The smallest absolute Gasteiger partial charge is 0.169 e. The third kappa shape index (κ3) is 4.93. The molecule has 0 aliphatic carbocycles. The molecule has 1 unspecified atom stereocenters. The van der Waals surface area contributed by atoms with Gasteiger partial charge in [-0.25, -0.2) is 0 Å². The summed E-state index contributed by atoms with van der Waals surface area (Å²) >= 11 is 3.44. The average Bonchev–Trinajstić information content (AvgIpc) is 2.16. The third-order valence-corrected chi connectivity index (χ3v) is 2.51. The molecule has 0 bridgehead atoms. The average molecular weight is 257 g/mol. The first-order valence-electron chi connectivity index (χ1n) is 3.94. The number of alkyl halides is 1. The molecule has 0 amide bonds. The Labute approximate surface area is 87.6 Å². The summed E-state index contributed by atoms with van der Waals surface area (Å²) in [5.41, 5.74) is 0. The quantitative estimate of drug-likeness (QED) is 0.510. The zero-order valence-electron chi connectivity index (χ0n) is 8.45. The summed E-state index contributed by atoms with van der Waals surface area (Å²) in [6.07, 6.45) is 0.143. The Balaban J connectivity index is 3.87. The van der Waals surface area contributed by atoms with Crippen molar-refractivity contribution in [2.75, 3.05) is 28.4 Å². The third-order valence-electron chi connectivity index (χ3n) is 1.70. The van der Waals surface area contributed by atoms with Crippen LogP contribution in [-0.4, -0.2) is 45.8 Å². The molecule has 4 nitrogen and oxygen atoms in total. The van der Waals surface area contributed by atoms with Crippen molar-refractivity contribution in [1.29, 1.82) is 0 Å². The molecule has 0 heterocycles. The molecule has 0 aliphatic rings. The summed E-state index contributed by atoms with van der Waals surface area (Å²) in [7, 11) is 6.39. The van der Waals surface area contributed by atoms with Gasteiger partial charge in [0.05, 0.1) is 4.83 Å². The standard InChI is InChI=1S/C8H17BrO4/c1-10-7(11-2)5-6(9)8(12-3)13-4/h6-8H,5H2,1-4H3. The molecule has 0 N–H and O–H groups in total. The van der Waals surface area contributed by atoms with E-state index in [0.29, 0.717) is 6.42 Å². The molecule has 1 atom stereocenters. The van der Waals surface area contributed by atoms with E-state index in [1.54, 1.807) is 28.4 Å². The summed E-state index contributed by atoms with van der Waals surface area (Å²) < 4.78 is 20.2. The van der Waals surface area contributed by atoms with Gasteiger partial charge in [0, 0.05) is 34.9 Å². The molecule has 5 heteroatoms. The summed E-state index contributed by atoms with van der Waals surface area (Å²) in [5, 5.41) is 0. The van der Waals surface area contributed by atoms with Crippen molar-refractivity contribution in [1.82, 2.24) is 0 Å². The Hall–Kier alpha value is 0.320. The first-order chi connectivity index (χ1) is 6.19. The largest absolute Gasteiger partial charge is 0.356 e. The van der Waals surface area contributed by atoms with Gasteiger partial charge < -0.3 is 18.9 Å². The van der Waals surface area contributed by atoms with Gasteiger partial charge in [-0.1, -0.05) is 15.9 Å². The Kier molecular flexibility index (Phi) is 7.89. The summed E-state index contributed by atoms with van der Waals surface area (Å²) in [6, 6.07) is 0. The number of halogens is 1. The maximum Gasteiger partial charge on any atom is 0.169 e. The van der Waals surface area contributed by atoms with Gasteiger partial charge in [0.15, 0.2) is 12.6 Å². The van der Waals surface area contributed by atoms with E-state index in [-0.39, 0.29) is 17.4 Å². The van der Waals surface area contributed by atoms with Crippen LogP contribution in [0.2, 0.25) is 0 Å². The minimum absolute atomic E-state index is 0.0485. The summed E-state index contributed by atoms with van der Waals surface area (Å²) in [4.78, 5) is 0.0485.